The van der Waals surface area contributed by atoms with Gasteiger partial charge in [0.05, 0.1) is 39.6 Å². The van der Waals surface area contributed by atoms with Gasteiger partial charge >= 0.3 is 15.6 Å². The Morgan fingerprint density at radius 1 is 0.310 bits per heavy atom. The number of nitrogens with two attached hydrogens (primary N) is 1. The Bertz CT molecular complexity index is 2530. The summed E-state index contributed by atoms with van der Waals surface area (Å²) in [6, 6.07) is 0. The largest absolute Gasteiger partial charge is 0.474 e. The van der Waals surface area contributed by atoms with E-state index in [0.29, 0.717) is 52.0 Å². The molecule has 0 saturated heterocycles. The van der Waals surface area contributed by atoms with Gasteiger partial charge in [0.1, 0.15) is 0 Å². The topological polar surface area (TPSA) is 192 Å². The molecule has 0 aromatic heterocycles. The number of likely N-dealkylation sites (N-methyl/N-ethyl adjacent to an activating group) is 2. The highest BCUT2D eigenvalue weighted by molar-refractivity contribution is 7.48. The van der Waals surface area contributed by atoms with E-state index in [1.165, 1.54) is 180 Å². The van der Waals surface area contributed by atoms with Crippen molar-refractivity contribution in [2.45, 2.75) is 446 Å². The lowest BCUT2D eigenvalue weighted by molar-refractivity contribution is -0.218. The monoisotopic (exact) mass is 1670 g/mol. The van der Waals surface area contributed by atoms with Crippen LogP contribution >= 0.6 is 15.6 Å². The maximum absolute atomic E-state index is 13.9. The summed E-state index contributed by atoms with van der Waals surface area (Å²) in [5.74, 6) is -2.27. The average molecular weight is 1680 g/mol. The smallest absolute Gasteiger partial charge is 0.365 e. The molecule has 0 bridgehead atoms. The minimum absolute atomic E-state index is 0.0716. The van der Waals surface area contributed by atoms with Crippen LogP contribution in [0.2, 0.25) is 0 Å². The summed E-state index contributed by atoms with van der Waals surface area (Å²) in [6.45, 7) is 27.3. The van der Waals surface area contributed by atoms with Crippen molar-refractivity contribution in [2.75, 3.05) is 80.5 Å². The number of hydrogen-bond donors (Lipinski definition) is 4. The molecule has 17 heteroatoms. The zero-order chi connectivity index (χ0) is 86.0. The number of ether oxygens (including phenoxy) is 2. The van der Waals surface area contributed by atoms with Gasteiger partial charge in [-0.1, -0.05) is 293 Å². The second-order valence-corrected chi connectivity index (χ2v) is 39.0. The number of unbranched alkanes of at least 4 members (excludes halogenated alkanes) is 36. The van der Waals surface area contributed by atoms with Gasteiger partial charge in [-0.2, -0.15) is 0 Å². The Hall–Kier alpha value is -2.14. The standard InChI is InChI=1S/C99H189N3O12P2/c1-15-18-21-24-27-30-33-36-39-44-49-54-59-64-69-74-79-98(103,109-89-83-94(4,5)96(8,9)101(12)86-92-111-115(105,106)108-14)80-75-70-67-62-57-52-47-42-43-48-53-58-63-68-73-78-88-112-116(107,113-91-85-100)114-93-87-102(13)97(10,11)95(6,7)84-90-110-99(104,81-76-71-65-60-55-50-45-40-37-34-31-28-25-22-19-16-2)82-77-72-66-61-56-51-46-41-38-35-32-29-26-23-20-17-3/h27-32,36-43,53,58,103-104H,15-26,33-35,44-52,54-57,59-93,100H2,1-14H3,(H,105,106). The van der Waals surface area contributed by atoms with E-state index in [-0.39, 0.29) is 54.9 Å². The quantitative estimate of drug-likeness (QED) is 0.0194. The summed E-state index contributed by atoms with van der Waals surface area (Å²) >= 11 is 0. The van der Waals surface area contributed by atoms with E-state index in [0.717, 1.165) is 148 Å². The summed E-state index contributed by atoms with van der Waals surface area (Å²) in [5.41, 5.74) is 4.81. The van der Waals surface area contributed by atoms with Crippen molar-refractivity contribution >= 4 is 15.6 Å². The van der Waals surface area contributed by atoms with Crippen LogP contribution in [-0.2, 0) is 41.2 Å². The van der Waals surface area contributed by atoms with Gasteiger partial charge in [0, 0.05) is 63.5 Å². The first-order valence-corrected chi connectivity index (χ1v) is 50.8. The highest BCUT2D eigenvalue weighted by atomic mass is 31.2. The van der Waals surface area contributed by atoms with Crippen LogP contribution in [0.4, 0.5) is 0 Å². The van der Waals surface area contributed by atoms with E-state index in [1.54, 1.807) is 0 Å². The molecule has 3 unspecified atom stereocenters. The average Bonchev–Trinajstić information content (AvgIpc) is 0.806. The first-order chi connectivity index (χ1) is 55.7. The summed E-state index contributed by atoms with van der Waals surface area (Å²) in [7, 11) is -2.60. The number of hydrogen-bond acceptors (Lipinski definition) is 14. The van der Waals surface area contributed by atoms with Gasteiger partial charge in [-0.25, -0.2) is 9.13 Å². The van der Waals surface area contributed by atoms with E-state index >= 15 is 0 Å². The normalized spacial score (nSPS) is 15.4. The molecule has 0 amide bonds. The van der Waals surface area contributed by atoms with Gasteiger partial charge in [0.2, 0.25) is 0 Å². The fraction of sp³-hybridized carbons (Fsp3) is 0.838. The highest BCUT2D eigenvalue weighted by Gasteiger charge is 2.43. The van der Waals surface area contributed by atoms with Crippen LogP contribution in [0.15, 0.2) is 97.2 Å². The molecule has 0 aromatic rings. The minimum Gasteiger partial charge on any atom is -0.365 e. The predicted octanol–water partition coefficient (Wildman–Crippen LogP) is 29.3. The van der Waals surface area contributed by atoms with Crippen molar-refractivity contribution in [1.29, 1.82) is 0 Å². The molecule has 0 rings (SSSR count). The number of phosphoric acid groups is 2. The molecule has 5 N–H and O–H groups in total. The SMILES string of the molecule is CCCCCC=CCC=CCCCCCCCCC(O)(CCCCCCCCC=CCC=CCCCCCOP(=O)(OCCN)OCCN(C)C(C)(C)C(C)(C)CCOC(O)(CCCCCCCCC=CCC=CCCCCC)CCCCCCCCC=CCC=CCCCCC)OCCC(C)(C)C(C)(C)N(C)CCOP(=O)(O)OC. The Balaban J connectivity index is 5.08. The van der Waals surface area contributed by atoms with Gasteiger partial charge in [0.15, 0.2) is 11.6 Å². The van der Waals surface area contributed by atoms with Crippen LogP contribution < -0.4 is 5.73 Å². The molecule has 0 spiro atoms. The lowest BCUT2D eigenvalue weighted by Gasteiger charge is -2.48. The van der Waals surface area contributed by atoms with E-state index in [9.17, 15) is 24.2 Å². The molecule has 0 aliphatic heterocycles. The van der Waals surface area contributed by atoms with Crippen molar-refractivity contribution in [2.24, 2.45) is 16.6 Å². The maximum atomic E-state index is 13.9. The molecule has 3 atom stereocenters. The Kier molecular flexibility index (Phi) is 72.9. The van der Waals surface area contributed by atoms with Crippen molar-refractivity contribution < 1.29 is 56.3 Å². The zero-order valence-corrected chi connectivity index (χ0v) is 80.0. The number of rotatable bonds is 87. The molecule has 116 heavy (non-hydrogen) atoms. The van der Waals surface area contributed by atoms with E-state index < -0.39 is 27.2 Å². The molecule has 0 aliphatic carbocycles. The summed E-state index contributed by atoms with van der Waals surface area (Å²) in [6.07, 6.45) is 96.3. The molecule has 0 heterocycles. The van der Waals surface area contributed by atoms with Crippen LogP contribution in [0.3, 0.4) is 0 Å². The third kappa shape index (κ3) is 63.7. The van der Waals surface area contributed by atoms with E-state index in [2.05, 4.69) is 195 Å². The number of phosphoric ester groups is 2. The lowest BCUT2D eigenvalue weighted by Crippen LogP contribution is -2.53. The van der Waals surface area contributed by atoms with E-state index in [1.807, 2.05) is 7.05 Å². The summed E-state index contributed by atoms with van der Waals surface area (Å²) in [4.78, 5) is 14.1. The van der Waals surface area contributed by atoms with Gasteiger partial charge in [-0.15, -0.1) is 0 Å². The van der Waals surface area contributed by atoms with Crippen LogP contribution in [0.1, 0.15) is 423 Å². The fourth-order valence-electron chi connectivity index (χ4n) is 14.4. The molecule has 682 valence electrons. The molecule has 0 fully saturated rings. The predicted molar refractivity (Wildman–Crippen MR) is 500 cm³/mol. The highest BCUT2D eigenvalue weighted by Crippen LogP contribution is 2.50. The van der Waals surface area contributed by atoms with Gasteiger partial charge < -0.3 is 30.3 Å². The minimum atomic E-state index is -4.04. The third-order valence-corrected chi connectivity index (χ3v) is 27.2. The van der Waals surface area contributed by atoms with Crippen LogP contribution in [-0.4, -0.2) is 128 Å². The number of aliphatic hydroxyl groups is 2. The first kappa shape index (κ1) is 114. The van der Waals surface area contributed by atoms with Crippen molar-refractivity contribution in [1.82, 2.24) is 9.80 Å². The molecule has 0 aliphatic rings. The van der Waals surface area contributed by atoms with Crippen molar-refractivity contribution in [3.05, 3.63) is 97.2 Å². The van der Waals surface area contributed by atoms with Crippen molar-refractivity contribution in [3.8, 4) is 0 Å². The maximum Gasteiger partial charge on any atom is 0.474 e. The first-order valence-electron chi connectivity index (χ1n) is 47.8. The van der Waals surface area contributed by atoms with E-state index in [4.69, 9.17) is 33.3 Å². The summed E-state index contributed by atoms with van der Waals surface area (Å²) < 4.78 is 66.1. The van der Waals surface area contributed by atoms with Crippen LogP contribution in [0.5, 0.6) is 0 Å². The Morgan fingerprint density at radius 3 is 0.828 bits per heavy atom. The Labute approximate surface area is 717 Å². The van der Waals surface area contributed by atoms with Crippen molar-refractivity contribution in [3.63, 3.8) is 0 Å². The molecular formula is C99H189N3O12P2. The fourth-order valence-corrected chi connectivity index (χ4v) is 16.0. The second kappa shape index (κ2) is 74.3. The second-order valence-electron chi connectivity index (χ2n) is 35.7. The molecule has 0 saturated carbocycles. The molecular weight excluding hydrogens is 1490 g/mol. The molecule has 15 nitrogen and oxygen atoms in total. The molecule has 0 aromatic carbocycles. The van der Waals surface area contributed by atoms with Gasteiger partial charge in [-0.3, -0.25) is 32.4 Å². The summed E-state index contributed by atoms with van der Waals surface area (Å²) in [5, 5.41) is 24.2. The number of nitrogens with zero attached hydrogens (tertiary/aromatic N) is 2. The van der Waals surface area contributed by atoms with Crippen LogP contribution in [0, 0.1) is 10.8 Å². The van der Waals surface area contributed by atoms with Crippen LogP contribution in [0.25, 0.3) is 0 Å². The third-order valence-electron chi connectivity index (χ3n) is 24.7. The molecule has 0 radical (unpaired) electrons. The Morgan fingerprint density at radius 2 is 0.552 bits per heavy atom. The number of allylic oxidation sites excluding steroid dienone is 16. The zero-order valence-electron chi connectivity index (χ0n) is 78.2. The van der Waals surface area contributed by atoms with Gasteiger partial charge in [-0.05, 0) is 226 Å². The van der Waals surface area contributed by atoms with Gasteiger partial charge in [0.25, 0.3) is 0 Å². The lowest BCUT2D eigenvalue weighted by atomic mass is 9.71.